The van der Waals surface area contributed by atoms with Gasteiger partial charge in [0.1, 0.15) is 29.6 Å². The van der Waals surface area contributed by atoms with Crippen LogP contribution in [0, 0.1) is 0 Å². The van der Waals surface area contributed by atoms with Gasteiger partial charge >= 0.3 is 12.2 Å². The summed E-state index contributed by atoms with van der Waals surface area (Å²) < 4.78 is 19.9. The molecule has 0 aliphatic carbocycles. The van der Waals surface area contributed by atoms with E-state index < -0.39 is 53.0 Å². The quantitative estimate of drug-likeness (QED) is 0.205. The predicted octanol–water partition coefficient (Wildman–Crippen LogP) is 3.29. The van der Waals surface area contributed by atoms with Crippen LogP contribution in [0.2, 0.25) is 0 Å². The Bertz CT molecular complexity index is 1340. The molecule has 1 aromatic rings. The minimum atomic E-state index is -1.51. The smallest absolute Gasteiger partial charge is 0.407 e. The predicted molar refractivity (Wildman–Crippen MR) is 175 cm³/mol. The third-order valence-electron chi connectivity index (χ3n) is 8.77. The lowest BCUT2D eigenvalue weighted by Crippen LogP contribution is -2.54. The second-order valence-electron chi connectivity index (χ2n) is 12.2. The van der Waals surface area contributed by atoms with Crippen LogP contribution in [0.3, 0.4) is 0 Å². The van der Waals surface area contributed by atoms with E-state index in [1.807, 2.05) is 24.3 Å². The number of unbranched alkanes of at least 4 members (excludes halogenated alkanes) is 3. The second kappa shape index (κ2) is 18.4. The van der Waals surface area contributed by atoms with E-state index in [2.05, 4.69) is 21.4 Å². The SMILES string of the molecule is O=C(NCC(=O)N1CCCC1C(=O)NC1C/C=C\CCCCCS(=O)NC1=O)OCCCCCCc1cccc2c1CN(C(=O)O)C2. The fourth-order valence-corrected chi connectivity index (χ4v) is 7.13. The van der Waals surface area contributed by atoms with E-state index in [0.717, 1.165) is 62.5 Å². The maximum Gasteiger partial charge on any atom is 0.407 e. The molecular formula is C33H47N5O8S. The fourth-order valence-electron chi connectivity index (χ4n) is 6.19. The van der Waals surface area contributed by atoms with Crippen molar-refractivity contribution in [1.29, 1.82) is 0 Å². The molecule has 0 saturated carbocycles. The van der Waals surface area contributed by atoms with Crippen LogP contribution in [-0.4, -0.2) is 86.6 Å². The first-order valence-electron chi connectivity index (χ1n) is 16.6. The first kappa shape index (κ1) is 35.9. The minimum absolute atomic E-state index is 0.214. The average molecular weight is 674 g/mol. The molecule has 3 aliphatic rings. The standard InChI is InChI=1S/C33H47N5O8S/c39-29(38-18-12-17-28(38)31(41)35-27-16-8-3-1-2-6-10-20-47(45)36-30(27)40)21-34-32(42)46-19-9-5-4-7-13-24-14-11-15-25-22-37(33(43)44)23-26(24)25/h3,8,11,14-15,27-28H,1-2,4-7,9-10,12-13,16-23H2,(H,34,42)(H,35,41)(H,36,40)(H,43,44)/b8-3-. The van der Waals surface area contributed by atoms with Crippen LogP contribution in [0.1, 0.15) is 87.3 Å². The molecule has 0 aromatic heterocycles. The summed E-state index contributed by atoms with van der Waals surface area (Å²) in [4.78, 5) is 65.2. The number of amides is 5. The summed E-state index contributed by atoms with van der Waals surface area (Å²) in [6.45, 7) is 1.12. The summed E-state index contributed by atoms with van der Waals surface area (Å²) in [6, 6.07) is 4.33. The molecule has 5 amide bonds. The minimum Gasteiger partial charge on any atom is -0.465 e. The zero-order valence-electron chi connectivity index (χ0n) is 26.9. The maximum atomic E-state index is 13.2. The van der Waals surface area contributed by atoms with Crippen molar-refractivity contribution in [2.24, 2.45) is 0 Å². The van der Waals surface area contributed by atoms with Crippen LogP contribution in [0.5, 0.6) is 0 Å². The van der Waals surface area contributed by atoms with Gasteiger partial charge in [-0.2, -0.15) is 0 Å². The van der Waals surface area contributed by atoms with Crippen molar-refractivity contribution in [3.63, 3.8) is 0 Å². The van der Waals surface area contributed by atoms with Crippen molar-refractivity contribution < 1.29 is 38.0 Å². The van der Waals surface area contributed by atoms with Gasteiger partial charge in [0.15, 0.2) is 0 Å². The number of rotatable bonds is 11. The van der Waals surface area contributed by atoms with Gasteiger partial charge in [-0.1, -0.05) is 49.6 Å². The summed E-state index contributed by atoms with van der Waals surface area (Å²) in [5, 5.41) is 14.5. The Labute approximate surface area is 278 Å². The maximum absolute atomic E-state index is 13.2. The Balaban J connectivity index is 1.12. The molecule has 3 aliphatic heterocycles. The highest BCUT2D eigenvalue weighted by molar-refractivity contribution is 7.83. The summed E-state index contributed by atoms with van der Waals surface area (Å²) in [5.74, 6) is -1.02. The molecule has 258 valence electrons. The number of fused-ring (bicyclic) bond motifs is 1. The van der Waals surface area contributed by atoms with Gasteiger partial charge in [0.2, 0.25) is 11.8 Å². The highest BCUT2D eigenvalue weighted by atomic mass is 32.2. The van der Waals surface area contributed by atoms with Crippen molar-refractivity contribution >= 4 is 40.9 Å². The van der Waals surface area contributed by atoms with E-state index in [1.54, 1.807) is 0 Å². The highest BCUT2D eigenvalue weighted by Crippen LogP contribution is 2.27. The molecule has 1 fully saturated rings. The molecule has 13 nitrogen and oxygen atoms in total. The lowest BCUT2D eigenvalue weighted by molar-refractivity contribution is -0.138. The Morgan fingerprint density at radius 2 is 1.85 bits per heavy atom. The van der Waals surface area contributed by atoms with Crippen LogP contribution in [0.25, 0.3) is 0 Å². The third-order valence-corrected chi connectivity index (χ3v) is 9.86. The van der Waals surface area contributed by atoms with Gasteiger partial charge < -0.3 is 25.4 Å². The first-order chi connectivity index (χ1) is 22.7. The van der Waals surface area contributed by atoms with E-state index in [0.29, 0.717) is 44.6 Å². The van der Waals surface area contributed by atoms with Crippen LogP contribution < -0.4 is 15.4 Å². The molecule has 3 heterocycles. The van der Waals surface area contributed by atoms with Gasteiger partial charge in [0.25, 0.3) is 5.91 Å². The molecule has 3 atom stereocenters. The summed E-state index contributed by atoms with van der Waals surface area (Å²) in [6.07, 6.45) is 11.3. The molecule has 0 radical (unpaired) electrons. The van der Waals surface area contributed by atoms with Crippen molar-refractivity contribution in [2.45, 2.75) is 102 Å². The van der Waals surface area contributed by atoms with Gasteiger partial charge in [-0.3, -0.25) is 24.0 Å². The van der Waals surface area contributed by atoms with Crippen molar-refractivity contribution in [1.82, 2.24) is 25.2 Å². The number of hydrogen-bond donors (Lipinski definition) is 4. The number of benzene rings is 1. The average Bonchev–Trinajstić information content (AvgIpc) is 3.72. The summed E-state index contributed by atoms with van der Waals surface area (Å²) in [5.41, 5.74) is 3.36. The lowest BCUT2D eigenvalue weighted by Gasteiger charge is -2.26. The Hall–Kier alpha value is -3.94. The summed E-state index contributed by atoms with van der Waals surface area (Å²) in [7, 11) is -1.51. The topological polar surface area (TPSA) is 174 Å². The molecule has 4 N–H and O–H groups in total. The van der Waals surface area contributed by atoms with Gasteiger partial charge in [0, 0.05) is 25.4 Å². The van der Waals surface area contributed by atoms with Crippen LogP contribution in [-0.2, 0) is 49.6 Å². The molecular weight excluding hydrogens is 626 g/mol. The molecule has 0 bridgehead atoms. The number of nitrogens with zero attached hydrogens (tertiary/aromatic N) is 2. The van der Waals surface area contributed by atoms with Crippen molar-refractivity contribution in [3.8, 4) is 0 Å². The Morgan fingerprint density at radius 1 is 1.02 bits per heavy atom. The third kappa shape index (κ3) is 11.1. The van der Waals surface area contributed by atoms with Crippen LogP contribution in [0.15, 0.2) is 30.4 Å². The molecule has 1 saturated heterocycles. The largest absolute Gasteiger partial charge is 0.465 e. The number of ether oxygens (including phenoxy) is 1. The molecule has 4 rings (SSSR count). The highest BCUT2D eigenvalue weighted by Gasteiger charge is 2.36. The Morgan fingerprint density at radius 3 is 2.68 bits per heavy atom. The van der Waals surface area contributed by atoms with Crippen molar-refractivity contribution in [3.05, 3.63) is 47.0 Å². The van der Waals surface area contributed by atoms with E-state index in [9.17, 15) is 33.3 Å². The lowest BCUT2D eigenvalue weighted by atomic mass is 9.98. The Kier molecular flexibility index (Phi) is 14.1. The van der Waals surface area contributed by atoms with Crippen LogP contribution in [0.4, 0.5) is 9.59 Å². The fraction of sp³-hybridized carbons (Fsp3) is 0.606. The zero-order valence-corrected chi connectivity index (χ0v) is 27.7. The zero-order chi connectivity index (χ0) is 33.6. The monoisotopic (exact) mass is 673 g/mol. The number of carbonyl (C=O) groups is 5. The molecule has 1 aromatic carbocycles. The van der Waals surface area contributed by atoms with E-state index in [1.165, 1.54) is 15.4 Å². The second-order valence-corrected chi connectivity index (χ2v) is 13.5. The van der Waals surface area contributed by atoms with E-state index in [4.69, 9.17) is 4.74 Å². The number of alkyl carbamates (subject to hydrolysis) is 1. The van der Waals surface area contributed by atoms with Gasteiger partial charge in [-0.25, -0.2) is 13.8 Å². The van der Waals surface area contributed by atoms with E-state index in [-0.39, 0.29) is 19.6 Å². The van der Waals surface area contributed by atoms with Gasteiger partial charge in [0.05, 0.1) is 6.61 Å². The van der Waals surface area contributed by atoms with Gasteiger partial charge in [-0.15, -0.1) is 0 Å². The van der Waals surface area contributed by atoms with E-state index >= 15 is 0 Å². The molecule has 47 heavy (non-hydrogen) atoms. The number of carboxylic acid groups (broad SMARTS) is 1. The molecule has 0 spiro atoms. The number of aryl methyl sites for hydroxylation is 1. The number of carbonyl (C=O) groups excluding carboxylic acids is 4. The molecule has 14 heteroatoms. The summed E-state index contributed by atoms with van der Waals surface area (Å²) >= 11 is 0. The van der Waals surface area contributed by atoms with Crippen LogP contribution >= 0.6 is 0 Å². The molecule has 3 unspecified atom stereocenters. The van der Waals surface area contributed by atoms with Gasteiger partial charge in [-0.05, 0) is 74.5 Å². The number of hydrogen-bond acceptors (Lipinski definition) is 7. The normalized spacial score (nSPS) is 22.3. The number of allylic oxidation sites excluding steroid dienone is 1. The first-order valence-corrected chi connectivity index (χ1v) is 18.0. The number of nitrogens with one attached hydrogen (secondary N) is 3. The van der Waals surface area contributed by atoms with Crippen molar-refractivity contribution in [2.75, 3.05) is 25.4 Å². The number of likely N-dealkylation sites (tertiary alicyclic amines) is 1.